The Morgan fingerprint density at radius 2 is 1.74 bits per heavy atom. The molecule has 2 fully saturated rings. The van der Waals surface area contributed by atoms with E-state index in [4.69, 9.17) is 19.2 Å². The summed E-state index contributed by atoms with van der Waals surface area (Å²) in [7, 11) is 1.62. The summed E-state index contributed by atoms with van der Waals surface area (Å²) in [6.45, 7) is 4.35. The molecule has 3 aromatic rings. The number of amides is 1. The van der Waals surface area contributed by atoms with Gasteiger partial charge in [-0.05, 0) is 43.2 Å². The quantitative estimate of drug-likeness (QED) is 0.532. The number of anilines is 1. The molecule has 35 heavy (non-hydrogen) atoms. The monoisotopic (exact) mass is 474 g/mol. The number of benzene rings is 1. The summed E-state index contributed by atoms with van der Waals surface area (Å²) in [5.41, 5.74) is 1.67. The van der Waals surface area contributed by atoms with Crippen molar-refractivity contribution in [3.63, 3.8) is 0 Å². The van der Waals surface area contributed by atoms with Gasteiger partial charge in [0.2, 0.25) is 5.88 Å². The van der Waals surface area contributed by atoms with E-state index in [2.05, 4.69) is 9.88 Å². The maximum atomic E-state index is 13.2. The molecule has 2 aromatic heterocycles. The van der Waals surface area contributed by atoms with Crippen molar-refractivity contribution in [2.75, 3.05) is 51.4 Å². The van der Waals surface area contributed by atoms with Crippen LogP contribution in [0, 0.1) is 0 Å². The third-order valence-corrected chi connectivity index (χ3v) is 6.56. The minimum Gasteiger partial charge on any atom is -0.493 e. The second-order valence-corrected chi connectivity index (χ2v) is 8.72. The van der Waals surface area contributed by atoms with Crippen molar-refractivity contribution in [3.05, 3.63) is 72.1 Å². The number of methoxy groups -OCH3 is 1. The van der Waals surface area contributed by atoms with Gasteiger partial charge in [-0.15, -0.1) is 0 Å². The van der Waals surface area contributed by atoms with Gasteiger partial charge in [-0.2, -0.15) is 0 Å². The number of ether oxygens (including phenoxy) is 3. The molecule has 2 aliphatic rings. The third kappa shape index (κ3) is 5.38. The van der Waals surface area contributed by atoms with Gasteiger partial charge in [-0.3, -0.25) is 4.79 Å². The van der Waals surface area contributed by atoms with Crippen LogP contribution in [0.4, 0.5) is 5.82 Å². The molecule has 1 amide bonds. The van der Waals surface area contributed by atoms with Gasteiger partial charge in [0.1, 0.15) is 5.82 Å². The van der Waals surface area contributed by atoms with Crippen molar-refractivity contribution in [2.45, 2.75) is 18.8 Å². The maximum Gasteiger partial charge on any atom is 0.254 e. The molecule has 0 N–H and O–H groups in total. The van der Waals surface area contributed by atoms with E-state index in [0.29, 0.717) is 49.2 Å². The molecular formula is C27H30N4O4. The summed E-state index contributed by atoms with van der Waals surface area (Å²) in [5.74, 6) is 3.01. The first kappa shape index (κ1) is 23.1. The van der Waals surface area contributed by atoms with Crippen molar-refractivity contribution in [1.82, 2.24) is 14.9 Å². The van der Waals surface area contributed by atoms with Crippen LogP contribution >= 0.6 is 0 Å². The van der Waals surface area contributed by atoms with Crippen LogP contribution in [0.2, 0.25) is 0 Å². The number of hydrogen-bond acceptors (Lipinski definition) is 7. The Bertz CT molecular complexity index is 1160. The molecule has 0 bridgehead atoms. The first-order valence-electron chi connectivity index (χ1n) is 12.1. The molecule has 5 rings (SSSR count). The van der Waals surface area contributed by atoms with E-state index >= 15 is 0 Å². The molecule has 0 saturated carbocycles. The van der Waals surface area contributed by atoms with E-state index in [1.54, 1.807) is 19.4 Å². The molecule has 8 nitrogen and oxygen atoms in total. The Kier molecular flexibility index (Phi) is 7.09. The Hall–Kier alpha value is -3.65. The van der Waals surface area contributed by atoms with Crippen LogP contribution in [-0.4, -0.2) is 67.3 Å². The second-order valence-electron chi connectivity index (χ2n) is 8.72. The van der Waals surface area contributed by atoms with E-state index in [1.165, 1.54) is 0 Å². The largest absolute Gasteiger partial charge is 0.493 e. The van der Waals surface area contributed by atoms with E-state index in [1.807, 2.05) is 53.4 Å². The lowest BCUT2D eigenvalue weighted by atomic mass is 9.92. The van der Waals surface area contributed by atoms with Crippen molar-refractivity contribution < 1.29 is 19.0 Å². The van der Waals surface area contributed by atoms with Crippen LogP contribution < -0.4 is 14.4 Å². The number of morpholine rings is 1. The van der Waals surface area contributed by atoms with Gasteiger partial charge in [0, 0.05) is 55.6 Å². The highest BCUT2D eigenvalue weighted by Gasteiger charge is 2.26. The molecular weight excluding hydrogens is 444 g/mol. The van der Waals surface area contributed by atoms with Crippen molar-refractivity contribution in [1.29, 1.82) is 0 Å². The molecule has 182 valence electrons. The fraction of sp³-hybridized carbons (Fsp3) is 0.370. The number of rotatable bonds is 6. The summed E-state index contributed by atoms with van der Waals surface area (Å²) in [6, 6.07) is 17.1. The minimum atomic E-state index is 0.0570. The van der Waals surface area contributed by atoms with Gasteiger partial charge in [-0.1, -0.05) is 18.2 Å². The topological polar surface area (TPSA) is 77.0 Å². The summed E-state index contributed by atoms with van der Waals surface area (Å²) >= 11 is 0. The predicted octanol–water partition coefficient (Wildman–Crippen LogP) is 4.13. The fourth-order valence-corrected chi connectivity index (χ4v) is 4.61. The van der Waals surface area contributed by atoms with E-state index in [9.17, 15) is 4.79 Å². The van der Waals surface area contributed by atoms with Gasteiger partial charge >= 0.3 is 0 Å². The summed E-state index contributed by atoms with van der Waals surface area (Å²) in [5, 5.41) is 0. The molecule has 8 heteroatoms. The van der Waals surface area contributed by atoms with Crippen molar-refractivity contribution in [2.24, 2.45) is 0 Å². The van der Waals surface area contributed by atoms with E-state index in [0.717, 1.165) is 37.4 Å². The second kappa shape index (κ2) is 10.7. The average molecular weight is 475 g/mol. The molecule has 0 aliphatic carbocycles. The Balaban J connectivity index is 1.21. The Labute approximate surface area is 205 Å². The van der Waals surface area contributed by atoms with Crippen molar-refractivity contribution in [3.8, 4) is 17.4 Å². The molecule has 0 spiro atoms. The fourth-order valence-electron chi connectivity index (χ4n) is 4.61. The number of nitrogens with zero attached hydrogens (tertiary/aromatic N) is 4. The smallest absolute Gasteiger partial charge is 0.254 e. The third-order valence-electron chi connectivity index (χ3n) is 6.56. The van der Waals surface area contributed by atoms with Crippen LogP contribution in [0.15, 0.2) is 60.8 Å². The number of hydrogen-bond donors (Lipinski definition) is 0. The van der Waals surface area contributed by atoms with Crippen LogP contribution in [-0.2, 0) is 4.74 Å². The molecule has 1 aromatic carbocycles. The summed E-state index contributed by atoms with van der Waals surface area (Å²) in [4.78, 5) is 26.5. The minimum absolute atomic E-state index is 0.0570. The van der Waals surface area contributed by atoms with Gasteiger partial charge in [0.25, 0.3) is 5.91 Å². The molecule has 4 heterocycles. The molecule has 0 radical (unpaired) electrons. The number of likely N-dealkylation sites (tertiary alicyclic amines) is 1. The standard InChI is InChI=1S/C27H30N4O4/c1-33-23-6-2-3-7-24(23)35-26-8-4-5-22(29-26)20-10-13-31(14-11-20)27(32)21-9-12-28-25(19-21)30-15-17-34-18-16-30/h2-9,12,19-20H,10-11,13-18H2,1H3. The first-order valence-corrected chi connectivity index (χ1v) is 12.1. The number of pyridine rings is 2. The van der Waals surface area contributed by atoms with E-state index in [-0.39, 0.29) is 11.8 Å². The van der Waals surface area contributed by atoms with Crippen LogP contribution in [0.25, 0.3) is 0 Å². The Morgan fingerprint density at radius 3 is 2.51 bits per heavy atom. The van der Waals surface area contributed by atoms with Gasteiger partial charge < -0.3 is 24.0 Å². The number of piperidine rings is 1. The lowest BCUT2D eigenvalue weighted by Gasteiger charge is -2.32. The van der Waals surface area contributed by atoms with Crippen molar-refractivity contribution >= 4 is 11.7 Å². The first-order chi connectivity index (χ1) is 17.2. The predicted molar refractivity (Wildman–Crippen MR) is 132 cm³/mol. The molecule has 0 atom stereocenters. The zero-order valence-corrected chi connectivity index (χ0v) is 19.9. The highest BCUT2D eigenvalue weighted by atomic mass is 16.5. The zero-order chi connectivity index (χ0) is 24.0. The van der Waals surface area contributed by atoms with E-state index < -0.39 is 0 Å². The van der Waals surface area contributed by atoms with Gasteiger partial charge in [0.15, 0.2) is 11.5 Å². The number of para-hydroxylation sites is 2. The van der Waals surface area contributed by atoms with Gasteiger partial charge in [0.05, 0.1) is 20.3 Å². The maximum absolute atomic E-state index is 13.2. The normalized spacial score (nSPS) is 16.7. The lowest BCUT2D eigenvalue weighted by molar-refractivity contribution is 0.0712. The van der Waals surface area contributed by atoms with Crippen LogP contribution in [0.1, 0.15) is 34.8 Å². The summed E-state index contributed by atoms with van der Waals surface area (Å²) < 4.78 is 16.8. The zero-order valence-electron chi connectivity index (χ0n) is 19.9. The SMILES string of the molecule is COc1ccccc1Oc1cccc(C2CCN(C(=O)c3ccnc(N4CCOCC4)c3)CC2)n1. The highest BCUT2D eigenvalue weighted by molar-refractivity contribution is 5.95. The lowest BCUT2D eigenvalue weighted by Crippen LogP contribution is -2.39. The van der Waals surface area contributed by atoms with Gasteiger partial charge in [-0.25, -0.2) is 9.97 Å². The molecule has 0 unspecified atom stereocenters. The summed E-state index contributed by atoms with van der Waals surface area (Å²) in [6.07, 6.45) is 3.44. The number of carbonyl (C=O) groups excluding carboxylic acids is 1. The average Bonchev–Trinajstić information content (AvgIpc) is 2.94. The van der Waals surface area contributed by atoms with Crippen LogP contribution in [0.5, 0.6) is 17.4 Å². The Morgan fingerprint density at radius 1 is 0.971 bits per heavy atom. The number of carbonyl (C=O) groups is 1. The number of aromatic nitrogens is 2. The highest BCUT2D eigenvalue weighted by Crippen LogP contribution is 2.32. The molecule has 2 saturated heterocycles. The molecule has 2 aliphatic heterocycles. The van der Waals surface area contributed by atoms with Crippen LogP contribution in [0.3, 0.4) is 0 Å².